The van der Waals surface area contributed by atoms with Gasteiger partial charge in [0.15, 0.2) is 0 Å². The van der Waals surface area contributed by atoms with Crippen molar-refractivity contribution in [1.82, 2.24) is 5.32 Å². The van der Waals surface area contributed by atoms with Crippen molar-refractivity contribution in [3.8, 4) is 0 Å². The molecule has 144 valence electrons. The zero-order chi connectivity index (χ0) is 18.7. The van der Waals surface area contributed by atoms with E-state index in [-0.39, 0.29) is 5.92 Å². The molecule has 0 amide bonds. The summed E-state index contributed by atoms with van der Waals surface area (Å²) in [7, 11) is 0. The van der Waals surface area contributed by atoms with Gasteiger partial charge in [-0.1, -0.05) is 38.2 Å². The lowest BCUT2D eigenvalue weighted by atomic mass is 9.84. The second-order valence-electron chi connectivity index (χ2n) is 6.53. The van der Waals surface area contributed by atoms with Gasteiger partial charge in [0.05, 0.1) is 0 Å². The second kappa shape index (κ2) is 11.3. The van der Waals surface area contributed by atoms with E-state index in [2.05, 4.69) is 16.6 Å². The van der Waals surface area contributed by atoms with E-state index < -0.39 is 24.2 Å². The van der Waals surface area contributed by atoms with Gasteiger partial charge in [-0.25, -0.2) is 9.59 Å². The Morgan fingerprint density at radius 2 is 1.76 bits per heavy atom. The smallest absolute Gasteiger partial charge is 0.385 e. The van der Waals surface area contributed by atoms with Gasteiger partial charge < -0.3 is 10.1 Å². The summed E-state index contributed by atoms with van der Waals surface area (Å²) in [5.41, 5.74) is 0. The summed E-state index contributed by atoms with van der Waals surface area (Å²) in [6, 6.07) is -0.847. The number of ether oxygens (including phenoxy) is 1. The van der Waals surface area contributed by atoms with E-state index in [0.29, 0.717) is 6.54 Å². The number of hydrogen-bond acceptors (Lipinski definition) is 4. The molecule has 0 aliphatic heterocycles. The summed E-state index contributed by atoms with van der Waals surface area (Å²) >= 11 is 0. The standard InChI is InChI=1S/C18H28F3NO3/c1-2-3-4-5-6-10-13-22-15(14-11-8-7-9-12-14)16(23)25-17(24)18(19,20)21/h2,14-15,22H,1,3-13H2. The van der Waals surface area contributed by atoms with Crippen LogP contribution < -0.4 is 5.32 Å². The molecule has 1 N–H and O–H groups in total. The molecule has 0 aromatic heterocycles. The SMILES string of the molecule is C=CCCCCCCNC(C(=O)OC(=O)C(F)(F)F)C1CCCCC1. The summed E-state index contributed by atoms with van der Waals surface area (Å²) in [6.45, 7) is 4.18. The van der Waals surface area contributed by atoms with Gasteiger partial charge in [-0.15, -0.1) is 6.58 Å². The normalized spacial score (nSPS) is 17.1. The van der Waals surface area contributed by atoms with Gasteiger partial charge in [-0.05, 0) is 44.6 Å². The van der Waals surface area contributed by atoms with Crippen LogP contribution in [0.1, 0.15) is 64.2 Å². The van der Waals surface area contributed by atoms with E-state index in [1.807, 2.05) is 6.08 Å². The van der Waals surface area contributed by atoms with Crippen LogP contribution in [-0.4, -0.2) is 30.7 Å². The molecule has 0 aromatic carbocycles. The van der Waals surface area contributed by atoms with Gasteiger partial charge in [0, 0.05) is 0 Å². The Morgan fingerprint density at radius 1 is 1.12 bits per heavy atom. The number of esters is 2. The highest BCUT2D eigenvalue weighted by atomic mass is 19.4. The topological polar surface area (TPSA) is 55.4 Å². The fourth-order valence-electron chi connectivity index (χ4n) is 3.15. The Hall–Kier alpha value is -1.37. The van der Waals surface area contributed by atoms with Crippen molar-refractivity contribution in [2.24, 2.45) is 5.92 Å². The maximum Gasteiger partial charge on any atom is 0.491 e. The largest absolute Gasteiger partial charge is 0.491 e. The van der Waals surface area contributed by atoms with Crippen LogP contribution in [0.4, 0.5) is 13.2 Å². The van der Waals surface area contributed by atoms with Crippen molar-refractivity contribution >= 4 is 11.9 Å². The second-order valence-corrected chi connectivity index (χ2v) is 6.53. The molecule has 0 spiro atoms. The average molecular weight is 363 g/mol. The summed E-state index contributed by atoms with van der Waals surface area (Å²) < 4.78 is 41.0. The molecular weight excluding hydrogens is 335 g/mol. The molecule has 1 saturated carbocycles. The summed E-state index contributed by atoms with van der Waals surface area (Å²) in [5, 5.41) is 3.02. The van der Waals surface area contributed by atoms with E-state index in [1.165, 1.54) is 0 Å². The average Bonchev–Trinajstić information content (AvgIpc) is 2.57. The molecule has 1 rings (SSSR count). The van der Waals surface area contributed by atoms with Crippen LogP contribution in [0.15, 0.2) is 12.7 Å². The molecule has 4 nitrogen and oxygen atoms in total. The molecule has 1 unspecified atom stereocenters. The monoisotopic (exact) mass is 363 g/mol. The predicted molar refractivity (Wildman–Crippen MR) is 88.8 cm³/mol. The number of carbonyl (C=O) groups excluding carboxylic acids is 2. The zero-order valence-corrected chi connectivity index (χ0v) is 14.6. The van der Waals surface area contributed by atoms with Crippen LogP contribution in [0.3, 0.4) is 0 Å². The van der Waals surface area contributed by atoms with E-state index in [9.17, 15) is 22.8 Å². The summed E-state index contributed by atoms with van der Waals surface area (Å²) in [6.07, 6.45) is 6.00. The Balaban J connectivity index is 2.50. The number of nitrogens with one attached hydrogen (secondary N) is 1. The van der Waals surface area contributed by atoms with Crippen LogP contribution in [0, 0.1) is 5.92 Å². The number of unbranched alkanes of at least 4 members (excludes halogenated alkanes) is 4. The third-order valence-electron chi connectivity index (χ3n) is 4.50. The highest BCUT2D eigenvalue weighted by molar-refractivity contribution is 5.91. The maximum absolute atomic E-state index is 12.3. The molecule has 1 atom stereocenters. The highest BCUT2D eigenvalue weighted by Gasteiger charge is 2.44. The minimum absolute atomic E-state index is 0.0805. The first-order valence-corrected chi connectivity index (χ1v) is 9.03. The minimum atomic E-state index is -5.15. The number of halogens is 3. The Morgan fingerprint density at radius 3 is 2.36 bits per heavy atom. The van der Waals surface area contributed by atoms with Crippen molar-refractivity contribution in [3.63, 3.8) is 0 Å². The summed E-state index contributed by atoms with van der Waals surface area (Å²) in [5.74, 6) is -3.63. The van der Waals surface area contributed by atoms with Gasteiger partial charge in [0.25, 0.3) is 0 Å². The van der Waals surface area contributed by atoms with E-state index in [4.69, 9.17) is 0 Å². The third kappa shape index (κ3) is 8.52. The molecule has 0 saturated heterocycles. The fraction of sp³-hybridized carbons (Fsp3) is 0.778. The number of rotatable bonds is 10. The first kappa shape index (κ1) is 21.7. The van der Waals surface area contributed by atoms with Gasteiger partial charge in [0.1, 0.15) is 6.04 Å². The number of hydrogen-bond donors (Lipinski definition) is 1. The molecule has 0 heterocycles. The van der Waals surface area contributed by atoms with Crippen LogP contribution in [0.25, 0.3) is 0 Å². The van der Waals surface area contributed by atoms with E-state index in [0.717, 1.165) is 64.2 Å². The minimum Gasteiger partial charge on any atom is -0.385 e. The molecule has 1 aliphatic carbocycles. The Kier molecular flexibility index (Phi) is 9.78. The van der Waals surface area contributed by atoms with Crippen molar-refractivity contribution in [2.75, 3.05) is 6.54 Å². The van der Waals surface area contributed by atoms with Crippen molar-refractivity contribution in [3.05, 3.63) is 12.7 Å². The van der Waals surface area contributed by atoms with Gasteiger partial charge in [-0.3, -0.25) is 0 Å². The predicted octanol–water partition coefficient (Wildman–Crippen LogP) is 4.29. The third-order valence-corrected chi connectivity index (χ3v) is 4.50. The maximum atomic E-state index is 12.3. The molecule has 0 aromatic rings. The van der Waals surface area contributed by atoms with Crippen molar-refractivity contribution in [2.45, 2.75) is 76.4 Å². The van der Waals surface area contributed by atoms with Crippen LogP contribution in [-0.2, 0) is 14.3 Å². The molecule has 25 heavy (non-hydrogen) atoms. The van der Waals surface area contributed by atoms with Crippen molar-refractivity contribution in [1.29, 1.82) is 0 Å². The zero-order valence-electron chi connectivity index (χ0n) is 14.6. The first-order valence-electron chi connectivity index (χ1n) is 9.03. The Bertz CT molecular complexity index is 432. The number of carbonyl (C=O) groups is 2. The molecular formula is C18H28F3NO3. The molecule has 0 bridgehead atoms. The van der Waals surface area contributed by atoms with Crippen LogP contribution >= 0.6 is 0 Å². The van der Waals surface area contributed by atoms with Gasteiger partial charge >= 0.3 is 18.1 Å². The summed E-state index contributed by atoms with van der Waals surface area (Å²) in [4.78, 5) is 23.0. The molecule has 7 heteroatoms. The number of allylic oxidation sites excluding steroid dienone is 1. The fourth-order valence-corrected chi connectivity index (χ4v) is 3.15. The van der Waals surface area contributed by atoms with E-state index >= 15 is 0 Å². The van der Waals surface area contributed by atoms with Crippen LogP contribution in [0.2, 0.25) is 0 Å². The molecule has 1 aliphatic rings. The molecule has 1 fully saturated rings. The Labute approximate surface area is 147 Å². The highest BCUT2D eigenvalue weighted by Crippen LogP contribution is 2.28. The van der Waals surface area contributed by atoms with Gasteiger partial charge in [0.2, 0.25) is 0 Å². The lowest BCUT2D eigenvalue weighted by Crippen LogP contribution is -2.46. The van der Waals surface area contributed by atoms with Crippen LogP contribution in [0.5, 0.6) is 0 Å². The van der Waals surface area contributed by atoms with Crippen molar-refractivity contribution < 1.29 is 27.5 Å². The van der Waals surface area contributed by atoms with Gasteiger partial charge in [-0.2, -0.15) is 13.2 Å². The lowest BCUT2D eigenvalue weighted by molar-refractivity contribution is -0.203. The number of alkyl halides is 3. The van der Waals surface area contributed by atoms with E-state index in [1.54, 1.807) is 0 Å². The quantitative estimate of drug-likeness (QED) is 0.272. The lowest BCUT2D eigenvalue weighted by Gasteiger charge is -2.29. The molecule has 0 radical (unpaired) electrons. The first-order chi connectivity index (χ1) is 11.9.